The van der Waals surface area contributed by atoms with Crippen LogP contribution in [0, 0.1) is 24.7 Å². The minimum absolute atomic E-state index is 0.266. The number of rotatable bonds is 2. The lowest BCUT2D eigenvalue weighted by Gasteiger charge is -2.38. The van der Waals surface area contributed by atoms with Gasteiger partial charge in [-0.2, -0.15) is 0 Å². The summed E-state index contributed by atoms with van der Waals surface area (Å²) in [6, 6.07) is 3.54. The molecule has 0 saturated heterocycles. The van der Waals surface area contributed by atoms with Crippen LogP contribution in [0.3, 0.4) is 0 Å². The van der Waals surface area contributed by atoms with Crippen LogP contribution in [0.4, 0.5) is 0 Å². The average Bonchev–Trinajstić information content (AvgIpc) is 2.27. The number of phenols is 2. The lowest BCUT2D eigenvalue weighted by Crippen LogP contribution is -2.26. The fraction of sp³-hybridized carbons (Fsp3) is 0.647. The Bertz CT molecular complexity index is 428. The van der Waals surface area contributed by atoms with Crippen LogP contribution < -0.4 is 0 Å². The number of phenolic OH excluding ortho intramolecular Hbond substituents is 2. The van der Waals surface area contributed by atoms with E-state index in [-0.39, 0.29) is 17.4 Å². The molecule has 1 aromatic carbocycles. The third kappa shape index (κ3) is 2.88. The molecule has 3 atom stereocenters. The Morgan fingerprint density at radius 3 is 2.21 bits per heavy atom. The first-order valence-corrected chi connectivity index (χ1v) is 7.42. The standard InChI is InChI=1S/C17H26O2/c1-10(2)13-6-5-11(3)7-14(13)17-15(18)8-12(4)9-16(17)19/h8-11,13-14,18-19H,5-7H2,1-4H3/t11-,13+,14-/m1/s1. The van der Waals surface area contributed by atoms with Crippen LogP contribution in [0.15, 0.2) is 12.1 Å². The number of hydrogen-bond acceptors (Lipinski definition) is 2. The van der Waals surface area contributed by atoms with E-state index in [0.29, 0.717) is 17.8 Å². The van der Waals surface area contributed by atoms with E-state index in [9.17, 15) is 10.2 Å². The van der Waals surface area contributed by atoms with Crippen LogP contribution in [0.2, 0.25) is 0 Å². The van der Waals surface area contributed by atoms with Crippen molar-refractivity contribution in [3.63, 3.8) is 0 Å². The van der Waals surface area contributed by atoms with Crippen molar-refractivity contribution in [3.8, 4) is 11.5 Å². The Balaban J connectivity index is 2.42. The van der Waals surface area contributed by atoms with Gasteiger partial charge in [-0.3, -0.25) is 0 Å². The van der Waals surface area contributed by atoms with Crippen LogP contribution in [0.25, 0.3) is 0 Å². The Kier molecular flexibility index (Phi) is 4.07. The van der Waals surface area contributed by atoms with E-state index in [1.54, 1.807) is 12.1 Å². The van der Waals surface area contributed by atoms with Gasteiger partial charge in [-0.05, 0) is 61.1 Å². The first-order chi connectivity index (χ1) is 8.90. The summed E-state index contributed by atoms with van der Waals surface area (Å²) in [6.07, 6.45) is 3.51. The molecule has 0 unspecified atom stereocenters. The molecule has 0 aliphatic heterocycles. The molecule has 0 amide bonds. The van der Waals surface area contributed by atoms with Crippen LogP contribution in [0.5, 0.6) is 11.5 Å². The monoisotopic (exact) mass is 262 g/mol. The highest BCUT2D eigenvalue weighted by molar-refractivity contribution is 5.48. The molecule has 1 aliphatic rings. The van der Waals surface area contributed by atoms with Crippen molar-refractivity contribution in [2.24, 2.45) is 17.8 Å². The van der Waals surface area contributed by atoms with Gasteiger partial charge in [0.2, 0.25) is 0 Å². The molecule has 2 rings (SSSR count). The van der Waals surface area contributed by atoms with Gasteiger partial charge in [0, 0.05) is 5.56 Å². The number of aryl methyl sites for hydroxylation is 1. The molecule has 19 heavy (non-hydrogen) atoms. The second kappa shape index (κ2) is 5.44. The first kappa shape index (κ1) is 14.2. The molecule has 0 heterocycles. The average molecular weight is 262 g/mol. The first-order valence-electron chi connectivity index (χ1n) is 7.42. The van der Waals surface area contributed by atoms with Crippen molar-refractivity contribution in [2.75, 3.05) is 0 Å². The molecule has 106 valence electrons. The molecule has 1 aromatic rings. The molecule has 1 aliphatic carbocycles. The minimum Gasteiger partial charge on any atom is -0.508 e. The van der Waals surface area contributed by atoms with E-state index < -0.39 is 0 Å². The number of hydrogen-bond donors (Lipinski definition) is 2. The van der Waals surface area contributed by atoms with Gasteiger partial charge < -0.3 is 10.2 Å². The SMILES string of the molecule is Cc1cc(O)c([C@@H]2C[C@H](C)CC[C@H]2C(C)C)c(O)c1. The molecule has 2 nitrogen and oxygen atoms in total. The smallest absolute Gasteiger partial charge is 0.123 e. The van der Waals surface area contributed by atoms with Crippen LogP contribution in [-0.2, 0) is 0 Å². The van der Waals surface area contributed by atoms with Gasteiger partial charge in [-0.25, -0.2) is 0 Å². The summed E-state index contributed by atoms with van der Waals surface area (Å²) < 4.78 is 0. The fourth-order valence-corrected chi connectivity index (χ4v) is 3.67. The maximum absolute atomic E-state index is 10.3. The molecular formula is C17H26O2. The van der Waals surface area contributed by atoms with E-state index in [1.165, 1.54) is 12.8 Å². The largest absolute Gasteiger partial charge is 0.508 e. The van der Waals surface area contributed by atoms with Gasteiger partial charge in [0.1, 0.15) is 11.5 Å². The fourth-order valence-electron chi connectivity index (χ4n) is 3.67. The third-order valence-corrected chi connectivity index (χ3v) is 4.67. The van der Waals surface area contributed by atoms with Crippen molar-refractivity contribution in [1.29, 1.82) is 0 Å². The molecular weight excluding hydrogens is 236 g/mol. The van der Waals surface area contributed by atoms with Crippen LogP contribution in [0.1, 0.15) is 57.1 Å². The van der Waals surface area contributed by atoms with Gasteiger partial charge in [-0.15, -0.1) is 0 Å². The summed E-state index contributed by atoms with van der Waals surface area (Å²) in [4.78, 5) is 0. The lowest BCUT2D eigenvalue weighted by molar-refractivity contribution is 0.192. The van der Waals surface area contributed by atoms with Crippen molar-refractivity contribution in [1.82, 2.24) is 0 Å². The highest BCUT2D eigenvalue weighted by Gasteiger charge is 2.34. The predicted molar refractivity (Wildman–Crippen MR) is 78.6 cm³/mol. The zero-order chi connectivity index (χ0) is 14.2. The summed E-state index contributed by atoms with van der Waals surface area (Å²) in [5, 5.41) is 20.5. The van der Waals surface area contributed by atoms with Gasteiger partial charge in [0.25, 0.3) is 0 Å². The van der Waals surface area contributed by atoms with E-state index in [1.807, 2.05) is 6.92 Å². The Hall–Kier alpha value is -1.18. The van der Waals surface area contributed by atoms with Crippen LogP contribution in [-0.4, -0.2) is 10.2 Å². The van der Waals surface area contributed by atoms with E-state index in [0.717, 1.165) is 17.5 Å². The molecule has 2 heteroatoms. The summed E-state index contributed by atoms with van der Waals surface area (Å²) in [5.74, 6) is 2.61. The highest BCUT2D eigenvalue weighted by atomic mass is 16.3. The zero-order valence-corrected chi connectivity index (χ0v) is 12.5. The molecule has 1 saturated carbocycles. The Morgan fingerprint density at radius 1 is 1.11 bits per heavy atom. The summed E-state index contributed by atoms with van der Waals surface area (Å²) in [6.45, 7) is 8.66. The number of benzene rings is 1. The number of aromatic hydroxyl groups is 2. The summed E-state index contributed by atoms with van der Waals surface area (Å²) >= 11 is 0. The zero-order valence-electron chi connectivity index (χ0n) is 12.5. The molecule has 0 spiro atoms. The lowest BCUT2D eigenvalue weighted by atomic mass is 9.67. The second-order valence-electron chi connectivity index (χ2n) is 6.65. The van der Waals surface area contributed by atoms with E-state index in [4.69, 9.17) is 0 Å². The van der Waals surface area contributed by atoms with Crippen molar-refractivity contribution >= 4 is 0 Å². The molecule has 1 fully saturated rings. The third-order valence-electron chi connectivity index (χ3n) is 4.67. The topological polar surface area (TPSA) is 40.5 Å². The molecule has 2 N–H and O–H groups in total. The molecule has 0 aromatic heterocycles. The maximum atomic E-state index is 10.3. The Labute approximate surface area is 116 Å². The molecule has 0 bridgehead atoms. The van der Waals surface area contributed by atoms with E-state index in [2.05, 4.69) is 20.8 Å². The van der Waals surface area contributed by atoms with Gasteiger partial charge in [0.15, 0.2) is 0 Å². The highest BCUT2D eigenvalue weighted by Crippen LogP contribution is 2.49. The van der Waals surface area contributed by atoms with Crippen molar-refractivity contribution < 1.29 is 10.2 Å². The van der Waals surface area contributed by atoms with Crippen molar-refractivity contribution in [3.05, 3.63) is 23.3 Å². The molecule has 0 radical (unpaired) electrons. The van der Waals surface area contributed by atoms with Gasteiger partial charge in [-0.1, -0.05) is 27.2 Å². The summed E-state index contributed by atoms with van der Waals surface area (Å²) in [7, 11) is 0. The van der Waals surface area contributed by atoms with Crippen LogP contribution >= 0.6 is 0 Å². The maximum Gasteiger partial charge on any atom is 0.123 e. The Morgan fingerprint density at radius 2 is 1.68 bits per heavy atom. The van der Waals surface area contributed by atoms with Gasteiger partial charge in [0.05, 0.1) is 0 Å². The summed E-state index contributed by atoms with van der Waals surface area (Å²) in [5.41, 5.74) is 1.68. The predicted octanol–water partition coefficient (Wildman–Crippen LogP) is 4.58. The van der Waals surface area contributed by atoms with Gasteiger partial charge >= 0.3 is 0 Å². The van der Waals surface area contributed by atoms with Crippen molar-refractivity contribution in [2.45, 2.75) is 52.9 Å². The minimum atomic E-state index is 0.266. The second-order valence-corrected chi connectivity index (χ2v) is 6.65. The van der Waals surface area contributed by atoms with E-state index >= 15 is 0 Å². The normalized spacial score (nSPS) is 27.7. The quantitative estimate of drug-likeness (QED) is 0.819.